The fourth-order valence-electron chi connectivity index (χ4n) is 2.48. The van der Waals surface area contributed by atoms with Crippen LogP contribution in [0.3, 0.4) is 0 Å². The van der Waals surface area contributed by atoms with Crippen LogP contribution < -0.4 is 10.5 Å². The van der Waals surface area contributed by atoms with Crippen molar-refractivity contribution in [3.05, 3.63) is 60.3 Å². The van der Waals surface area contributed by atoms with E-state index < -0.39 is 0 Å². The Hall–Kier alpha value is -2.42. The molecule has 2 aromatic carbocycles. The number of ether oxygens (including phenoxy) is 1. The van der Waals surface area contributed by atoms with Gasteiger partial charge in [0.05, 0.1) is 12.1 Å². The number of nitrogen functional groups attached to an aromatic ring is 1. The lowest BCUT2D eigenvalue weighted by Gasteiger charge is -2.09. The Morgan fingerprint density at radius 2 is 1.90 bits per heavy atom. The van der Waals surface area contributed by atoms with Gasteiger partial charge in [-0.2, -0.15) is 0 Å². The predicted molar refractivity (Wildman–Crippen MR) is 83.1 cm³/mol. The quantitative estimate of drug-likeness (QED) is 0.732. The molecule has 0 aliphatic carbocycles. The van der Waals surface area contributed by atoms with E-state index >= 15 is 0 Å². The van der Waals surface area contributed by atoms with Gasteiger partial charge in [-0.05, 0) is 36.8 Å². The molecule has 1 heterocycles. The van der Waals surface area contributed by atoms with Crippen molar-refractivity contribution in [2.75, 3.05) is 12.3 Å². The van der Waals surface area contributed by atoms with Crippen LogP contribution in [0.25, 0.3) is 10.9 Å². The van der Waals surface area contributed by atoms with E-state index in [1.54, 1.807) is 0 Å². The summed E-state index contributed by atoms with van der Waals surface area (Å²) in [7, 11) is 0. The third kappa shape index (κ3) is 2.23. The summed E-state index contributed by atoms with van der Waals surface area (Å²) in [6, 6.07) is 16.2. The highest BCUT2D eigenvalue weighted by molar-refractivity contribution is 5.86. The number of fused-ring (bicyclic) bond motifs is 1. The van der Waals surface area contributed by atoms with Crippen LogP contribution in [0, 0.1) is 0 Å². The van der Waals surface area contributed by atoms with Crippen molar-refractivity contribution in [3.63, 3.8) is 0 Å². The summed E-state index contributed by atoms with van der Waals surface area (Å²) in [5.74, 6) is 0.935. The smallest absolute Gasteiger partial charge is 0.128 e. The molecule has 0 bridgehead atoms. The van der Waals surface area contributed by atoms with E-state index in [1.165, 1.54) is 5.52 Å². The molecule has 0 radical (unpaired) electrons. The monoisotopic (exact) mass is 266 g/mol. The normalized spacial score (nSPS) is 10.8. The van der Waals surface area contributed by atoms with Crippen molar-refractivity contribution in [2.24, 2.45) is 0 Å². The fourth-order valence-corrected chi connectivity index (χ4v) is 2.48. The lowest BCUT2D eigenvalue weighted by Crippen LogP contribution is -2.01. The molecule has 0 atom stereocenters. The SMILES string of the molecule is CCOc1cccc2c1ccn2Cc1ccccc1N. The minimum absolute atomic E-state index is 0.677. The summed E-state index contributed by atoms with van der Waals surface area (Å²) < 4.78 is 7.87. The standard InChI is InChI=1S/C17H18N2O/c1-2-20-17-9-5-8-16-14(17)10-11-19(16)12-13-6-3-4-7-15(13)18/h3-11H,2,12,18H2,1H3. The number of aromatic nitrogens is 1. The van der Waals surface area contributed by atoms with Crippen LogP contribution in [0.1, 0.15) is 12.5 Å². The number of rotatable bonds is 4. The molecule has 3 rings (SSSR count). The maximum Gasteiger partial charge on any atom is 0.128 e. The Kier molecular flexibility index (Phi) is 3.33. The van der Waals surface area contributed by atoms with E-state index in [-0.39, 0.29) is 0 Å². The van der Waals surface area contributed by atoms with Crippen molar-refractivity contribution >= 4 is 16.6 Å². The van der Waals surface area contributed by atoms with Crippen LogP contribution in [0.5, 0.6) is 5.75 Å². The second kappa shape index (κ2) is 5.29. The first-order chi connectivity index (χ1) is 9.79. The summed E-state index contributed by atoms with van der Waals surface area (Å²) in [6.45, 7) is 3.45. The van der Waals surface area contributed by atoms with Crippen LogP contribution in [0.2, 0.25) is 0 Å². The number of anilines is 1. The van der Waals surface area contributed by atoms with Crippen LogP contribution in [0.4, 0.5) is 5.69 Å². The van der Waals surface area contributed by atoms with Gasteiger partial charge >= 0.3 is 0 Å². The average Bonchev–Trinajstić information content (AvgIpc) is 2.86. The van der Waals surface area contributed by atoms with Crippen molar-refractivity contribution < 1.29 is 4.74 Å². The molecule has 0 spiro atoms. The molecule has 0 fully saturated rings. The average molecular weight is 266 g/mol. The molecule has 102 valence electrons. The molecule has 0 saturated heterocycles. The van der Waals surface area contributed by atoms with E-state index in [0.717, 1.165) is 28.9 Å². The first kappa shape index (κ1) is 12.6. The Labute approximate surface area is 118 Å². The Balaban J connectivity index is 2.01. The number of nitrogens with two attached hydrogens (primary N) is 1. The number of hydrogen-bond acceptors (Lipinski definition) is 2. The summed E-state index contributed by atoms with van der Waals surface area (Å²) in [4.78, 5) is 0. The van der Waals surface area contributed by atoms with Crippen LogP contribution >= 0.6 is 0 Å². The van der Waals surface area contributed by atoms with Gasteiger partial charge in [0.25, 0.3) is 0 Å². The number of nitrogens with zero attached hydrogens (tertiary/aromatic N) is 1. The third-order valence-corrected chi connectivity index (χ3v) is 3.47. The van der Waals surface area contributed by atoms with E-state index in [2.05, 4.69) is 29.0 Å². The van der Waals surface area contributed by atoms with Gasteiger partial charge in [-0.15, -0.1) is 0 Å². The highest BCUT2D eigenvalue weighted by atomic mass is 16.5. The molecule has 1 aromatic heterocycles. The van der Waals surface area contributed by atoms with E-state index in [9.17, 15) is 0 Å². The molecular formula is C17H18N2O. The second-order valence-electron chi connectivity index (χ2n) is 4.76. The van der Waals surface area contributed by atoms with Crippen molar-refractivity contribution in [2.45, 2.75) is 13.5 Å². The molecule has 0 aliphatic rings. The predicted octanol–water partition coefficient (Wildman–Crippen LogP) is 3.67. The van der Waals surface area contributed by atoms with Crippen molar-refractivity contribution in [3.8, 4) is 5.75 Å². The minimum Gasteiger partial charge on any atom is -0.493 e. The van der Waals surface area contributed by atoms with Gasteiger partial charge in [0.2, 0.25) is 0 Å². The minimum atomic E-state index is 0.677. The molecule has 3 nitrogen and oxygen atoms in total. The van der Waals surface area contributed by atoms with E-state index in [4.69, 9.17) is 10.5 Å². The topological polar surface area (TPSA) is 40.2 Å². The maximum atomic E-state index is 6.02. The first-order valence-corrected chi connectivity index (χ1v) is 6.83. The van der Waals surface area contributed by atoms with Gasteiger partial charge in [-0.3, -0.25) is 0 Å². The number of benzene rings is 2. The highest BCUT2D eigenvalue weighted by Crippen LogP contribution is 2.27. The Morgan fingerprint density at radius 3 is 2.70 bits per heavy atom. The van der Waals surface area contributed by atoms with Crippen LogP contribution in [-0.4, -0.2) is 11.2 Å². The molecule has 0 amide bonds. The largest absolute Gasteiger partial charge is 0.493 e. The number of para-hydroxylation sites is 1. The second-order valence-corrected chi connectivity index (χ2v) is 4.76. The zero-order chi connectivity index (χ0) is 13.9. The van der Waals surface area contributed by atoms with E-state index in [0.29, 0.717) is 6.61 Å². The zero-order valence-corrected chi connectivity index (χ0v) is 11.5. The summed E-state index contributed by atoms with van der Waals surface area (Å²) in [5, 5.41) is 1.14. The lowest BCUT2D eigenvalue weighted by atomic mass is 10.2. The van der Waals surface area contributed by atoms with Crippen molar-refractivity contribution in [1.82, 2.24) is 4.57 Å². The fraction of sp³-hybridized carbons (Fsp3) is 0.176. The molecule has 0 saturated carbocycles. The van der Waals surface area contributed by atoms with Gasteiger partial charge in [0.15, 0.2) is 0 Å². The number of hydrogen-bond donors (Lipinski definition) is 1. The molecular weight excluding hydrogens is 248 g/mol. The summed E-state index contributed by atoms with van der Waals surface area (Å²) >= 11 is 0. The summed E-state index contributed by atoms with van der Waals surface area (Å²) in [5.41, 5.74) is 9.15. The molecule has 0 unspecified atom stereocenters. The lowest BCUT2D eigenvalue weighted by molar-refractivity contribution is 0.344. The zero-order valence-electron chi connectivity index (χ0n) is 11.5. The highest BCUT2D eigenvalue weighted by Gasteiger charge is 2.07. The molecule has 3 aromatic rings. The molecule has 3 heteroatoms. The van der Waals surface area contributed by atoms with Gasteiger partial charge in [0, 0.05) is 23.8 Å². The van der Waals surface area contributed by atoms with Gasteiger partial charge in [0.1, 0.15) is 5.75 Å². The summed E-state index contributed by atoms with van der Waals surface area (Å²) in [6.07, 6.45) is 2.08. The van der Waals surface area contributed by atoms with Crippen LogP contribution in [-0.2, 0) is 6.54 Å². The van der Waals surface area contributed by atoms with Crippen molar-refractivity contribution in [1.29, 1.82) is 0 Å². The third-order valence-electron chi connectivity index (χ3n) is 3.47. The Morgan fingerprint density at radius 1 is 1.05 bits per heavy atom. The van der Waals surface area contributed by atoms with Gasteiger partial charge in [-0.1, -0.05) is 24.3 Å². The maximum absolute atomic E-state index is 6.02. The van der Waals surface area contributed by atoms with Gasteiger partial charge < -0.3 is 15.0 Å². The van der Waals surface area contributed by atoms with Gasteiger partial charge in [-0.25, -0.2) is 0 Å². The molecule has 20 heavy (non-hydrogen) atoms. The van der Waals surface area contributed by atoms with Crippen LogP contribution in [0.15, 0.2) is 54.7 Å². The Bertz CT molecular complexity index is 731. The molecule has 2 N–H and O–H groups in total. The van der Waals surface area contributed by atoms with E-state index in [1.807, 2.05) is 37.3 Å². The molecule has 0 aliphatic heterocycles. The first-order valence-electron chi connectivity index (χ1n) is 6.83.